The molecule has 66 valence electrons. The maximum Gasteiger partial charge on any atom is 0.289 e. The average Bonchev–Trinajstić information content (AvgIpc) is 2.15. The molecule has 0 saturated heterocycles. The van der Waals surface area contributed by atoms with Crippen LogP contribution in [-0.2, 0) is 7.05 Å². The Morgan fingerprint density at radius 1 is 1.54 bits per heavy atom. The zero-order valence-corrected chi connectivity index (χ0v) is 7.49. The predicted octanol–water partition coefficient (Wildman–Crippen LogP) is 0.377. The molecular formula is C7H5ClN4O. The molecule has 2 aromatic heterocycles. The Morgan fingerprint density at radius 2 is 2.31 bits per heavy atom. The second-order valence-corrected chi connectivity index (χ2v) is 2.86. The summed E-state index contributed by atoms with van der Waals surface area (Å²) < 4.78 is 1.34. The van der Waals surface area contributed by atoms with Gasteiger partial charge in [0, 0.05) is 7.05 Å². The molecule has 0 radical (unpaired) electrons. The number of hydrogen-bond donors (Lipinski definition) is 0. The Morgan fingerprint density at radius 3 is 3.08 bits per heavy atom. The van der Waals surface area contributed by atoms with Crippen molar-refractivity contribution in [3.63, 3.8) is 0 Å². The molecule has 0 saturated carbocycles. The zero-order chi connectivity index (χ0) is 9.42. The number of aromatic nitrogens is 4. The molecule has 0 aliphatic carbocycles. The van der Waals surface area contributed by atoms with Gasteiger partial charge in [0.1, 0.15) is 11.8 Å². The second kappa shape index (κ2) is 2.77. The van der Waals surface area contributed by atoms with Gasteiger partial charge in [0.25, 0.3) is 5.56 Å². The van der Waals surface area contributed by atoms with Gasteiger partial charge in [-0.3, -0.25) is 9.36 Å². The van der Waals surface area contributed by atoms with E-state index in [2.05, 4.69) is 15.0 Å². The molecule has 0 fully saturated rings. The summed E-state index contributed by atoms with van der Waals surface area (Å²) in [6, 6.07) is 0. The largest absolute Gasteiger partial charge is 0.292 e. The van der Waals surface area contributed by atoms with Gasteiger partial charge in [0.15, 0.2) is 10.8 Å². The fourth-order valence-corrected chi connectivity index (χ4v) is 1.26. The summed E-state index contributed by atoms with van der Waals surface area (Å²) >= 11 is 5.59. The fraction of sp³-hybridized carbons (Fsp3) is 0.143. The molecule has 13 heavy (non-hydrogen) atoms. The molecule has 0 spiro atoms. The lowest BCUT2D eigenvalue weighted by molar-refractivity contribution is 0.869. The highest BCUT2D eigenvalue weighted by Crippen LogP contribution is 2.05. The lowest BCUT2D eigenvalue weighted by Crippen LogP contribution is -2.19. The Bertz CT molecular complexity index is 521. The van der Waals surface area contributed by atoms with Gasteiger partial charge in [0.05, 0.1) is 6.20 Å². The number of hydrogen-bond acceptors (Lipinski definition) is 4. The summed E-state index contributed by atoms with van der Waals surface area (Å²) in [4.78, 5) is 22.8. The van der Waals surface area contributed by atoms with Crippen molar-refractivity contribution in [2.24, 2.45) is 7.05 Å². The van der Waals surface area contributed by atoms with Crippen LogP contribution < -0.4 is 5.56 Å². The zero-order valence-electron chi connectivity index (χ0n) is 6.73. The molecule has 6 heteroatoms. The maximum atomic E-state index is 11.3. The van der Waals surface area contributed by atoms with Crippen LogP contribution in [0.5, 0.6) is 0 Å². The summed E-state index contributed by atoms with van der Waals surface area (Å²) in [6.45, 7) is 0. The summed E-state index contributed by atoms with van der Waals surface area (Å²) in [5.74, 6) is 0. The van der Waals surface area contributed by atoms with Crippen LogP contribution in [0.15, 0.2) is 17.3 Å². The minimum Gasteiger partial charge on any atom is -0.292 e. The van der Waals surface area contributed by atoms with E-state index in [1.54, 1.807) is 7.05 Å². The van der Waals surface area contributed by atoms with Crippen molar-refractivity contribution in [3.05, 3.63) is 28.0 Å². The first-order chi connectivity index (χ1) is 6.20. The van der Waals surface area contributed by atoms with E-state index in [0.29, 0.717) is 11.2 Å². The van der Waals surface area contributed by atoms with Gasteiger partial charge < -0.3 is 0 Å². The molecule has 0 unspecified atom stereocenters. The smallest absolute Gasteiger partial charge is 0.289 e. The van der Waals surface area contributed by atoms with Gasteiger partial charge in [0.2, 0.25) is 0 Å². The standard InChI is InChI=1S/C7H5ClN4O/c1-12-6-4(2-9-3-10-6)11-5(8)7(12)13/h2-3H,1H3. The van der Waals surface area contributed by atoms with Crippen molar-refractivity contribution < 1.29 is 0 Å². The highest BCUT2D eigenvalue weighted by molar-refractivity contribution is 6.29. The highest BCUT2D eigenvalue weighted by Gasteiger charge is 2.05. The fourth-order valence-electron chi connectivity index (χ4n) is 1.04. The summed E-state index contributed by atoms with van der Waals surface area (Å²) in [5, 5.41) is -0.0650. The van der Waals surface area contributed by atoms with E-state index in [-0.39, 0.29) is 10.7 Å². The summed E-state index contributed by atoms with van der Waals surface area (Å²) in [7, 11) is 1.59. The van der Waals surface area contributed by atoms with Crippen molar-refractivity contribution >= 4 is 22.8 Å². The van der Waals surface area contributed by atoms with Gasteiger partial charge in [-0.15, -0.1) is 0 Å². The molecule has 0 aliphatic heterocycles. The van der Waals surface area contributed by atoms with E-state index in [1.807, 2.05) is 0 Å². The van der Waals surface area contributed by atoms with Crippen LogP contribution in [0.2, 0.25) is 5.15 Å². The first-order valence-corrected chi connectivity index (χ1v) is 3.90. The SMILES string of the molecule is Cn1c(=O)c(Cl)nc2cncnc21. The van der Waals surface area contributed by atoms with Gasteiger partial charge in [-0.25, -0.2) is 15.0 Å². The molecule has 2 heterocycles. The first kappa shape index (κ1) is 8.12. The van der Waals surface area contributed by atoms with E-state index >= 15 is 0 Å². The number of halogens is 1. The van der Waals surface area contributed by atoms with Crippen LogP contribution in [0, 0.1) is 0 Å². The van der Waals surface area contributed by atoms with Gasteiger partial charge in [-0.2, -0.15) is 0 Å². The van der Waals surface area contributed by atoms with E-state index in [9.17, 15) is 4.79 Å². The normalized spacial score (nSPS) is 10.6. The molecular weight excluding hydrogens is 192 g/mol. The Labute approximate surface area is 78.0 Å². The molecule has 0 amide bonds. The quantitative estimate of drug-likeness (QED) is 0.611. The Balaban J connectivity index is 3.02. The van der Waals surface area contributed by atoms with E-state index < -0.39 is 0 Å². The third-order valence-corrected chi connectivity index (χ3v) is 1.94. The van der Waals surface area contributed by atoms with Crippen molar-refractivity contribution in [2.75, 3.05) is 0 Å². The summed E-state index contributed by atoms with van der Waals surface area (Å²) in [6.07, 6.45) is 2.87. The van der Waals surface area contributed by atoms with Crippen molar-refractivity contribution in [1.29, 1.82) is 0 Å². The molecule has 0 aliphatic rings. The van der Waals surface area contributed by atoms with Crippen LogP contribution in [0.1, 0.15) is 0 Å². The first-order valence-electron chi connectivity index (χ1n) is 3.52. The van der Waals surface area contributed by atoms with Gasteiger partial charge >= 0.3 is 0 Å². The number of rotatable bonds is 0. The number of fused-ring (bicyclic) bond motifs is 1. The highest BCUT2D eigenvalue weighted by atomic mass is 35.5. The average molecular weight is 197 g/mol. The van der Waals surface area contributed by atoms with Gasteiger partial charge in [-0.05, 0) is 0 Å². The van der Waals surface area contributed by atoms with Gasteiger partial charge in [-0.1, -0.05) is 11.6 Å². The van der Waals surface area contributed by atoms with Crippen LogP contribution in [-0.4, -0.2) is 19.5 Å². The molecule has 5 nitrogen and oxygen atoms in total. The third-order valence-electron chi connectivity index (χ3n) is 1.69. The Kier molecular flexibility index (Phi) is 1.73. The van der Waals surface area contributed by atoms with E-state index in [1.165, 1.54) is 17.1 Å². The van der Waals surface area contributed by atoms with Crippen molar-refractivity contribution in [1.82, 2.24) is 19.5 Å². The monoisotopic (exact) mass is 196 g/mol. The predicted molar refractivity (Wildman–Crippen MR) is 47.6 cm³/mol. The minimum atomic E-state index is -0.354. The third kappa shape index (κ3) is 1.17. The molecule has 0 atom stereocenters. The summed E-state index contributed by atoms with van der Waals surface area (Å²) in [5.41, 5.74) is 0.631. The van der Waals surface area contributed by atoms with Crippen LogP contribution >= 0.6 is 11.6 Å². The topological polar surface area (TPSA) is 60.7 Å². The van der Waals surface area contributed by atoms with Crippen LogP contribution in [0.3, 0.4) is 0 Å². The molecule has 0 aromatic carbocycles. The maximum absolute atomic E-state index is 11.3. The molecule has 0 N–H and O–H groups in total. The second-order valence-electron chi connectivity index (χ2n) is 2.50. The lowest BCUT2D eigenvalue weighted by atomic mass is 10.5. The minimum absolute atomic E-state index is 0.0650. The van der Waals surface area contributed by atoms with E-state index in [0.717, 1.165) is 0 Å². The van der Waals surface area contributed by atoms with Crippen LogP contribution in [0.4, 0.5) is 0 Å². The number of nitrogens with zero attached hydrogens (tertiary/aromatic N) is 4. The molecule has 2 rings (SSSR count). The van der Waals surface area contributed by atoms with Crippen molar-refractivity contribution in [2.45, 2.75) is 0 Å². The van der Waals surface area contributed by atoms with Crippen molar-refractivity contribution in [3.8, 4) is 0 Å². The van der Waals surface area contributed by atoms with E-state index in [4.69, 9.17) is 11.6 Å². The molecule has 0 bridgehead atoms. The molecule has 2 aromatic rings. The Hall–Kier alpha value is -1.49. The number of aryl methyl sites for hydroxylation is 1. The van der Waals surface area contributed by atoms with Crippen LogP contribution in [0.25, 0.3) is 11.2 Å². The lowest BCUT2D eigenvalue weighted by Gasteiger charge is -2.01.